The van der Waals surface area contributed by atoms with Gasteiger partial charge in [0, 0.05) is 4.47 Å². The van der Waals surface area contributed by atoms with Crippen LogP contribution >= 0.6 is 15.9 Å². The first kappa shape index (κ1) is 14.0. The van der Waals surface area contributed by atoms with E-state index in [9.17, 15) is 8.42 Å². The lowest BCUT2D eigenvalue weighted by Crippen LogP contribution is -2.03. The molecule has 0 saturated heterocycles. The molecule has 0 saturated carbocycles. The molecule has 0 aliphatic carbocycles. The summed E-state index contributed by atoms with van der Waals surface area (Å²) in [4.78, 5) is 0.384. The van der Waals surface area contributed by atoms with Crippen molar-refractivity contribution in [3.63, 3.8) is 0 Å². The van der Waals surface area contributed by atoms with Gasteiger partial charge in [0.1, 0.15) is 0 Å². The Morgan fingerprint density at radius 2 is 1.53 bits per heavy atom. The Morgan fingerprint density at radius 3 is 2.05 bits per heavy atom. The van der Waals surface area contributed by atoms with Gasteiger partial charge in [-0.3, -0.25) is 0 Å². The van der Waals surface area contributed by atoms with Gasteiger partial charge < -0.3 is 0 Å². The predicted molar refractivity (Wildman–Crippen MR) is 81.5 cm³/mol. The summed E-state index contributed by atoms with van der Waals surface area (Å²) in [6, 6.07) is 13.8. The molecular weight excluding hydrogens is 324 g/mol. The third-order valence-electron chi connectivity index (χ3n) is 2.82. The van der Waals surface area contributed by atoms with Gasteiger partial charge >= 0.3 is 0 Å². The zero-order chi connectivity index (χ0) is 14.0. The van der Waals surface area contributed by atoms with Crippen LogP contribution in [-0.4, -0.2) is 8.42 Å². The van der Waals surface area contributed by atoms with Crippen LogP contribution in [0.4, 0.5) is 0 Å². The molecule has 0 N–H and O–H groups in total. The van der Waals surface area contributed by atoms with Crippen LogP contribution in [0.2, 0.25) is 0 Å². The molecule has 0 aliphatic rings. The van der Waals surface area contributed by atoms with Crippen molar-refractivity contribution in [1.82, 2.24) is 0 Å². The van der Waals surface area contributed by atoms with Crippen molar-refractivity contribution < 1.29 is 8.42 Å². The Balaban J connectivity index is 2.42. The Kier molecular flexibility index (Phi) is 3.92. The van der Waals surface area contributed by atoms with E-state index in [-0.39, 0.29) is 9.80 Å². The highest BCUT2D eigenvalue weighted by atomic mass is 79.9. The fraction of sp³-hybridized carbons (Fsp3) is 0.0667. The second-order valence-electron chi connectivity index (χ2n) is 4.25. The Bertz CT molecular complexity index is 699. The van der Waals surface area contributed by atoms with Crippen LogP contribution < -0.4 is 0 Å². The normalized spacial score (nSPS) is 11.3. The van der Waals surface area contributed by atoms with Gasteiger partial charge in [0.15, 0.2) is 0 Å². The number of rotatable bonds is 3. The molecule has 0 aromatic heterocycles. The van der Waals surface area contributed by atoms with E-state index in [0.717, 1.165) is 10.0 Å². The van der Waals surface area contributed by atoms with Gasteiger partial charge in [-0.2, -0.15) is 0 Å². The standard InChI is InChI=1S/C15H13BrO2S/c1-11-3-9-15(10-4-11)19(17,18)12(2)13-5-7-14(16)8-6-13/h3-10H,2H2,1H3. The number of benzene rings is 2. The summed E-state index contributed by atoms with van der Waals surface area (Å²) in [6.07, 6.45) is 0. The number of halogens is 1. The highest BCUT2D eigenvalue weighted by Gasteiger charge is 2.19. The van der Waals surface area contributed by atoms with Gasteiger partial charge in [-0.15, -0.1) is 0 Å². The van der Waals surface area contributed by atoms with Crippen molar-refractivity contribution in [2.75, 3.05) is 0 Å². The number of hydrogen-bond acceptors (Lipinski definition) is 2. The first-order valence-electron chi connectivity index (χ1n) is 5.68. The summed E-state index contributed by atoms with van der Waals surface area (Å²) in [5.74, 6) is 0. The van der Waals surface area contributed by atoms with Crippen LogP contribution in [0.3, 0.4) is 0 Å². The van der Waals surface area contributed by atoms with Crippen molar-refractivity contribution >= 4 is 30.7 Å². The molecule has 0 unspecified atom stereocenters. The Morgan fingerprint density at radius 1 is 1.00 bits per heavy atom. The molecule has 19 heavy (non-hydrogen) atoms. The maximum absolute atomic E-state index is 12.4. The van der Waals surface area contributed by atoms with E-state index in [1.807, 2.05) is 6.92 Å². The van der Waals surface area contributed by atoms with Gasteiger partial charge in [-0.25, -0.2) is 8.42 Å². The second-order valence-corrected chi connectivity index (χ2v) is 7.13. The maximum Gasteiger partial charge on any atom is 0.206 e. The molecule has 2 nitrogen and oxygen atoms in total. The highest BCUT2D eigenvalue weighted by molar-refractivity contribution is 9.10. The van der Waals surface area contributed by atoms with E-state index in [1.54, 1.807) is 48.5 Å². The van der Waals surface area contributed by atoms with E-state index in [1.165, 1.54) is 0 Å². The van der Waals surface area contributed by atoms with Gasteiger partial charge in [-0.05, 0) is 36.8 Å². The number of aryl methyl sites for hydroxylation is 1. The molecule has 0 spiro atoms. The summed E-state index contributed by atoms with van der Waals surface area (Å²) in [7, 11) is -3.53. The Labute approximate surface area is 121 Å². The molecule has 0 amide bonds. The largest absolute Gasteiger partial charge is 0.219 e. The summed E-state index contributed by atoms with van der Waals surface area (Å²) < 4.78 is 25.7. The van der Waals surface area contributed by atoms with Gasteiger partial charge in [0.2, 0.25) is 9.84 Å². The second kappa shape index (κ2) is 5.31. The fourth-order valence-electron chi connectivity index (χ4n) is 1.65. The van der Waals surface area contributed by atoms with E-state index in [0.29, 0.717) is 5.56 Å². The summed E-state index contributed by atoms with van der Waals surface area (Å²) in [5, 5.41) is 0. The topological polar surface area (TPSA) is 34.1 Å². The lowest BCUT2D eigenvalue weighted by Gasteiger charge is -2.08. The van der Waals surface area contributed by atoms with Gasteiger partial charge in [0.05, 0.1) is 9.80 Å². The maximum atomic E-state index is 12.4. The van der Waals surface area contributed by atoms with Crippen LogP contribution in [-0.2, 0) is 9.84 Å². The molecular formula is C15H13BrO2S. The first-order valence-corrected chi connectivity index (χ1v) is 7.95. The third kappa shape index (κ3) is 2.96. The molecule has 0 heterocycles. The summed E-state index contributed by atoms with van der Waals surface area (Å²) in [6.45, 7) is 5.64. The van der Waals surface area contributed by atoms with Crippen molar-refractivity contribution in [2.24, 2.45) is 0 Å². The van der Waals surface area contributed by atoms with Crippen molar-refractivity contribution in [1.29, 1.82) is 0 Å². The van der Waals surface area contributed by atoms with Crippen molar-refractivity contribution in [3.05, 3.63) is 70.7 Å². The first-order chi connectivity index (χ1) is 8.91. The molecule has 0 bridgehead atoms. The van der Waals surface area contributed by atoms with E-state index in [4.69, 9.17) is 0 Å². The molecule has 2 aromatic rings. The van der Waals surface area contributed by atoms with Crippen LogP contribution in [0, 0.1) is 6.92 Å². The van der Waals surface area contributed by atoms with Crippen LogP contribution in [0.5, 0.6) is 0 Å². The van der Waals surface area contributed by atoms with Crippen molar-refractivity contribution in [2.45, 2.75) is 11.8 Å². The van der Waals surface area contributed by atoms with Crippen LogP contribution in [0.1, 0.15) is 11.1 Å². The zero-order valence-electron chi connectivity index (χ0n) is 10.4. The third-order valence-corrected chi connectivity index (χ3v) is 5.13. The predicted octanol–water partition coefficient (Wildman–Crippen LogP) is 4.20. The SMILES string of the molecule is C=C(c1ccc(Br)cc1)S(=O)(=O)c1ccc(C)cc1. The highest BCUT2D eigenvalue weighted by Crippen LogP contribution is 2.27. The summed E-state index contributed by atoms with van der Waals surface area (Å²) in [5.41, 5.74) is 1.62. The summed E-state index contributed by atoms with van der Waals surface area (Å²) >= 11 is 3.32. The number of hydrogen-bond donors (Lipinski definition) is 0. The van der Waals surface area contributed by atoms with Gasteiger partial charge in [0.25, 0.3) is 0 Å². The molecule has 0 atom stereocenters. The molecule has 2 rings (SSSR count). The lowest BCUT2D eigenvalue weighted by atomic mass is 10.2. The Hall–Kier alpha value is -1.39. The molecule has 2 aromatic carbocycles. The van der Waals surface area contributed by atoms with Crippen LogP contribution in [0.15, 0.2) is 64.5 Å². The van der Waals surface area contributed by atoms with E-state index in [2.05, 4.69) is 22.5 Å². The molecule has 0 aliphatic heterocycles. The fourth-order valence-corrected chi connectivity index (χ4v) is 3.14. The molecule has 4 heteroatoms. The lowest BCUT2D eigenvalue weighted by molar-refractivity contribution is 0.606. The minimum Gasteiger partial charge on any atom is -0.219 e. The monoisotopic (exact) mass is 336 g/mol. The molecule has 0 fully saturated rings. The molecule has 0 radical (unpaired) electrons. The van der Waals surface area contributed by atoms with Gasteiger partial charge in [-0.1, -0.05) is 52.3 Å². The van der Waals surface area contributed by atoms with Crippen molar-refractivity contribution in [3.8, 4) is 0 Å². The minimum atomic E-state index is -3.53. The average Bonchev–Trinajstić information content (AvgIpc) is 2.39. The zero-order valence-corrected chi connectivity index (χ0v) is 12.8. The molecule has 98 valence electrons. The van der Waals surface area contributed by atoms with E-state index < -0.39 is 9.84 Å². The van der Waals surface area contributed by atoms with Crippen LogP contribution in [0.25, 0.3) is 4.91 Å². The number of sulfone groups is 1. The minimum absolute atomic E-state index is 0.115. The quantitative estimate of drug-likeness (QED) is 0.841. The smallest absolute Gasteiger partial charge is 0.206 e. The van der Waals surface area contributed by atoms with E-state index >= 15 is 0 Å². The average molecular weight is 337 g/mol.